The molecule has 1 aromatic heterocycles. The normalized spacial score (nSPS) is 13.4. The molecule has 1 aromatic rings. The zero-order chi connectivity index (χ0) is 26.5. The number of aryl methyl sites for hydroxylation is 1. The van der Waals surface area contributed by atoms with Crippen molar-refractivity contribution in [3.8, 4) is 0 Å². The van der Waals surface area contributed by atoms with Crippen molar-refractivity contribution in [2.45, 2.75) is 110 Å². The molecule has 0 spiro atoms. The van der Waals surface area contributed by atoms with Crippen LogP contribution in [-0.2, 0) is 20.4 Å². The Morgan fingerprint density at radius 2 is 1.42 bits per heavy atom. The van der Waals surface area contributed by atoms with Gasteiger partial charge in [-0.3, -0.25) is 18.9 Å². The smallest absolute Gasteiger partial charge is 0.331 e. The van der Waals surface area contributed by atoms with Crippen molar-refractivity contribution in [1.29, 1.82) is 0 Å². The Labute approximate surface area is 217 Å². The van der Waals surface area contributed by atoms with E-state index in [1.807, 2.05) is 0 Å². The SMILES string of the molecule is CCCCCCCCCCCCCCCOCCCOP(=O)(O)C/C=C/Cn1cc(C)c(=O)[nH]c1=O. The first-order valence-electron chi connectivity index (χ1n) is 13.8. The first-order valence-corrected chi connectivity index (χ1v) is 15.6. The molecule has 1 rings (SSSR count). The molecule has 8 nitrogen and oxygen atoms in total. The van der Waals surface area contributed by atoms with Gasteiger partial charge in [-0.2, -0.15) is 0 Å². The number of hydrogen-bond acceptors (Lipinski definition) is 5. The van der Waals surface area contributed by atoms with Crippen LogP contribution in [0.4, 0.5) is 0 Å². The highest BCUT2D eigenvalue weighted by Gasteiger charge is 2.16. The van der Waals surface area contributed by atoms with Crippen molar-refractivity contribution in [2.24, 2.45) is 0 Å². The van der Waals surface area contributed by atoms with Gasteiger partial charge >= 0.3 is 13.3 Å². The summed E-state index contributed by atoms with van der Waals surface area (Å²) in [6.45, 7) is 5.47. The predicted molar refractivity (Wildman–Crippen MR) is 147 cm³/mol. The largest absolute Gasteiger partial charge is 0.381 e. The molecule has 208 valence electrons. The van der Waals surface area contributed by atoms with Gasteiger partial charge in [0.2, 0.25) is 0 Å². The van der Waals surface area contributed by atoms with E-state index in [0.717, 1.165) is 13.0 Å². The molecule has 0 bridgehead atoms. The molecular formula is C27H49N2O6P. The molecule has 1 unspecified atom stereocenters. The second-order valence-electron chi connectivity index (χ2n) is 9.56. The summed E-state index contributed by atoms with van der Waals surface area (Å²) in [4.78, 5) is 35.2. The molecule has 0 aliphatic heterocycles. The fourth-order valence-electron chi connectivity index (χ4n) is 3.89. The van der Waals surface area contributed by atoms with Crippen molar-refractivity contribution < 1.29 is 18.7 Å². The summed E-state index contributed by atoms with van der Waals surface area (Å²) in [5, 5.41) is 0. The van der Waals surface area contributed by atoms with E-state index >= 15 is 0 Å². The van der Waals surface area contributed by atoms with E-state index in [4.69, 9.17) is 9.26 Å². The van der Waals surface area contributed by atoms with Gasteiger partial charge < -0.3 is 14.2 Å². The summed E-state index contributed by atoms with van der Waals surface area (Å²) in [5.41, 5.74) is -0.505. The molecule has 0 saturated carbocycles. The number of hydrogen-bond donors (Lipinski definition) is 2. The van der Waals surface area contributed by atoms with Gasteiger partial charge in [-0.1, -0.05) is 96.1 Å². The fraction of sp³-hybridized carbons (Fsp3) is 0.778. The zero-order valence-corrected chi connectivity index (χ0v) is 23.4. The first kappa shape index (κ1) is 32.6. The first-order chi connectivity index (χ1) is 17.4. The summed E-state index contributed by atoms with van der Waals surface area (Å²) in [6, 6.07) is 0. The lowest BCUT2D eigenvalue weighted by atomic mass is 10.0. The summed E-state index contributed by atoms with van der Waals surface area (Å²) in [7, 11) is -3.72. The van der Waals surface area contributed by atoms with Gasteiger partial charge in [-0.15, -0.1) is 0 Å². The Morgan fingerprint density at radius 1 is 0.861 bits per heavy atom. The van der Waals surface area contributed by atoms with Crippen molar-refractivity contribution in [1.82, 2.24) is 9.55 Å². The topological polar surface area (TPSA) is 111 Å². The standard InChI is InChI=1S/C27H49N2O6P/c1-3-4-5-6-7-8-9-10-11-12-13-14-16-20-34-21-18-22-35-36(32,33)23-17-15-19-29-24-25(2)26(30)28-27(29)31/h15,17,24H,3-14,16,18-23H2,1-2H3,(H,32,33)(H,28,30,31)/b17-15+. The minimum atomic E-state index is -3.72. The molecule has 0 aliphatic carbocycles. The van der Waals surface area contributed by atoms with Crippen LogP contribution in [0, 0.1) is 6.92 Å². The van der Waals surface area contributed by atoms with Crippen LogP contribution >= 0.6 is 7.60 Å². The van der Waals surface area contributed by atoms with Crippen molar-refractivity contribution in [2.75, 3.05) is 26.0 Å². The second kappa shape index (κ2) is 20.6. The summed E-state index contributed by atoms with van der Waals surface area (Å²) >= 11 is 0. The van der Waals surface area contributed by atoms with E-state index in [-0.39, 0.29) is 19.3 Å². The highest BCUT2D eigenvalue weighted by Crippen LogP contribution is 2.41. The highest BCUT2D eigenvalue weighted by atomic mass is 31.2. The fourth-order valence-corrected chi connectivity index (χ4v) is 4.83. The second-order valence-corrected chi connectivity index (χ2v) is 11.5. The maximum atomic E-state index is 12.1. The number of allylic oxidation sites excluding steroid dienone is 2. The molecular weight excluding hydrogens is 479 g/mol. The number of aromatic amines is 1. The molecule has 1 heterocycles. The van der Waals surface area contributed by atoms with E-state index in [2.05, 4.69) is 11.9 Å². The van der Waals surface area contributed by atoms with E-state index in [1.54, 1.807) is 13.0 Å². The van der Waals surface area contributed by atoms with E-state index in [9.17, 15) is 19.0 Å². The lowest BCUT2D eigenvalue weighted by Crippen LogP contribution is -2.30. The Hall–Kier alpha value is -1.47. The third-order valence-corrected chi connectivity index (χ3v) is 7.37. The lowest BCUT2D eigenvalue weighted by Gasteiger charge is -2.10. The van der Waals surface area contributed by atoms with E-state index in [0.29, 0.717) is 18.6 Å². The van der Waals surface area contributed by atoms with Gasteiger partial charge in [0.05, 0.1) is 12.8 Å². The van der Waals surface area contributed by atoms with Crippen LogP contribution in [0.2, 0.25) is 0 Å². The van der Waals surface area contributed by atoms with Crippen molar-refractivity contribution in [3.05, 3.63) is 44.8 Å². The minimum Gasteiger partial charge on any atom is -0.381 e. The van der Waals surface area contributed by atoms with E-state index < -0.39 is 18.8 Å². The summed E-state index contributed by atoms with van der Waals surface area (Å²) < 4.78 is 24.1. The maximum absolute atomic E-state index is 12.1. The average Bonchev–Trinajstić information content (AvgIpc) is 2.84. The van der Waals surface area contributed by atoms with E-state index in [1.165, 1.54) is 93.9 Å². The Balaban J connectivity index is 1.94. The number of nitrogens with one attached hydrogen (secondary N) is 1. The number of nitrogens with zero attached hydrogens (tertiary/aromatic N) is 1. The van der Waals surface area contributed by atoms with Crippen LogP contribution in [0.5, 0.6) is 0 Å². The predicted octanol–water partition coefficient (Wildman–Crippen LogP) is 6.10. The molecule has 0 radical (unpaired) electrons. The third-order valence-electron chi connectivity index (χ3n) is 6.11. The quantitative estimate of drug-likeness (QED) is 0.101. The monoisotopic (exact) mass is 528 g/mol. The van der Waals surface area contributed by atoms with Crippen LogP contribution in [0.1, 0.15) is 102 Å². The third kappa shape index (κ3) is 17.1. The number of aromatic nitrogens is 2. The van der Waals surface area contributed by atoms with Crippen LogP contribution in [-0.4, -0.2) is 40.4 Å². The maximum Gasteiger partial charge on any atom is 0.331 e. The van der Waals surface area contributed by atoms with Crippen LogP contribution in [0.25, 0.3) is 0 Å². The molecule has 1 atom stereocenters. The number of unbranched alkanes of at least 4 members (excludes halogenated alkanes) is 12. The summed E-state index contributed by atoms with van der Waals surface area (Å²) in [6.07, 6.45) is 22.2. The lowest BCUT2D eigenvalue weighted by molar-refractivity contribution is 0.114. The molecule has 9 heteroatoms. The Bertz CT molecular complexity index is 880. The van der Waals surface area contributed by atoms with Crippen LogP contribution in [0.15, 0.2) is 27.9 Å². The van der Waals surface area contributed by atoms with Crippen molar-refractivity contribution in [3.63, 3.8) is 0 Å². The van der Waals surface area contributed by atoms with Crippen LogP contribution < -0.4 is 11.2 Å². The summed E-state index contributed by atoms with van der Waals surface area (Å²) in [5.74, 6) is 0. The Kier molecular flexibility index (Phi) is 18.6. The molecule has 0 aromatic carbocycles. The van der Waals surface area contributed by atoms with Crippen molar-refractivity contribution >= 4 is 7.60 Å². The Morgan fingerprint density at radius 3 is 2.03 bits per heavy atom. The van der Waals surface area contributed by atoms with Gasteiger partial charge in [0.25, 0.3) is 5.56 Å². The number of ether oxygens (including phenoxy) is 1. The van der Waals surface area contributed by atoms with Gasteiger partial charge in [-0.05, 0) is 19.8 Å². The molecule has 36 heavy (non-hydrogen) atoms. The van der Waals surface area contributed by atoms with Gasteiger partial charge in [0.1, 0.15) is 0 Å². The highest BCUT2D eigenvalue weighted by molar-refractivity contribution is 7.53. The van der Waals surface area contributed by atoms with Gasteiger partial charge in [0, 0.05) is 31.5 Å². The van der Waals surface area contributed by atoms with Gasteiger partial charge in [-0.25, -0.2) is 4.79 Å². The molecule has 0 amide bonds. The van der Waals surface area contributed by atoms with Gasteiger partial charge in [0.15, 0.2) is 0 Å². The molecule has 0 fully saturated rings. The number of H-pyrrole nitrogens is 1. The van der Waals surface area contributed by atoms with Crippen LogP contribution in [0.3, 0.4) is 0 Å². The molecule has 0 aliphatic rings. The number of rotatable bonds is 23. The minimum absolute atomic E-state index is 0.135. The molecule has 0 saturated heterocycles. The molecule has 2 N–H and O–H groups in total. The average molecular weight is 529 g/mol. The zero-order valence-electron chi connectivity index (χ0n) is 22.5.